The molecule has 0 radical (unpaired) electrons. The average molecular weight is 443 g/mol. The predicted molar refractivity (Wildman–Crippen MR) is 139 cm³/mol. The van der Waals surface area contributed by atoms with E-state index in [1.165, 1.54) is 23.3 Å². The van der Waals surface area contributed by atoms with Gasteiger partial charge in [0.2, 0.25) is 0 Å². The molecular formula is C30H35FN2. The molecule has 3 aromatic carbocycles. The van der Waals surface area contributed by atoms with Crippen LogP contribution in [0.15, 0.2) is 94.9 Å². The summed E-state index contributed by atoms with van der Waals surface area (Å²) in [6, 6.07) is 27.7. The van der Waals surface area contributed by atoms with Gasteiger partial charge >= 0.3 is 0 Å². The quantitative estimate of drug-likeness (QED) is 0.296. The number of hydrogen-bond acceptors (Lipinski definition) is 2. The van der Waals surface area contributed by atoms with Crippen molar-refractivity contribution in [1.82, 2.24) is 0 Å². The Morgan fingerprint density at radius 2 is 1.18 bits per heavy atom. The van der Waals surface area contributed by atoms with Crippen LogP contribution in [0.2, 0.25) is 0 Å². The van der Waals surface area contributed by atoms with E-state index in [-0.39, 0.29) is 17.9 Å². The van der Waals surface area contributed by atoms with Crippen LogP contribution in [-0.4, -0.2) is 24.0 Å². The molecule has 3 heteroatoms. The number of hydrogen-bond donors (Lipinski definition) is 0. The van der Waals surface area contributed by atoms with Gasteiger partial charge in [0.05, 0.1) is 17.8 Å². The van der Waals surface area contributed by atoms with Gasteiger partial charge in [0.25, 0.3) is 0 Å². The SMILES string of the molecule is CC(C)[C@@H](Cc1ccccc1)N=CC(=N[C@H](Cc1ccccc1)C(C)C)c1ccc(F)cc1. The minimum Gasteiger partial charge on any atom is -0.287 e. The van der Waals surface area contributed by atoms with Crippen LogP contribution in [0.25, 0.3) is 0 Å². The lowest BCUT2D eigenvalue weighted by Crippen LogP contribution is -2.21. The summed E-state index contributed by atoms with van der Waals surface area (Å²) < 4.78 is 13.6. The topological polar surface area (TPSA) is 24.7 Å². The first-order valence-corrected chi connectivity index (χ1v) is 11.9. The molecule has 3 rings (SSSR count). The summed E-state index contributed by atoms with van der Waals surface area (Å²) in [7, 11) is 0. The van der Waals surface area contributed by atoms with Crippen molar-refractivity contribution in [1.29, 1.82) is 0 Å². The van der Waals surface area contributed by atoms with E-state index >= 15 is 0 Å². The molecule has 0 aliphatic heterocycles. The second kappa shape index (κ2) is 12.2. The summed E-state index contributed by atoms with van der Waals surface area (Å²) in [4.78, 5) is 10.1. The van der Waals surface area contributed by atoms with Gasteiger partial charge in [0.15, 0.2) is 0 Å². The Morgan fingerprint density at radius 3 is 1.67 bits per heavy atom. The standard InChI is InChI=1S/C30H35FN2/c1-22(2)28(19-24-11-7-5-8-12-24)32-21-30(26-15-17-27(31)18-16-26)33-29(23(3)4)20-25-13-9-6-10-14-25/h5-18,21-23,28-29H,19-20H2,1-4H3/t28-,29-/m1/s1. The zero-order chi connectivity index (χ0) is 23.6. The van der Waals surface area contributed by atoms with Crippen molar-refractivity contribution in [2.24, 2.45) is 21.8 Å². The van der Waals surface area contributed by atoms with Gasteiger partial charge in [-0.05, 0) is 60.1 Å². The van der Waals surface area contributed by atoms with E-state index in [1.54, 1.807) is 12.1 Å². The third kappa shape index (κ3) is 7.78. The van der Waals surface area contributed by atoms with Gasteiger partial charge in [-0.2, -0.15) is 0 Å². The first kappa shape index (κ1) is 24.6. The van der Waals surface area contributed by atoms with Gasteiger partial charge in [-0.1, -0.05) is 88.4 Å². The molecular weight excluding hydrogens is 407 g/mol. The van der Waals surface area contributed by atoms with E-state index < -0.39 is 0 Å². The van der Waals surface area contributed by atoms with E-state index in [0.717, 1.165) is 24.1 Å². The fourth-order valence-corrected chi connectivity index (χ4v) is 3.75. The summed E-state index contributed by atoms with van der Waals surface area (Å²) in [6.45, 7) is 8.80. The predicted octanol–water partition coefficient (Wildman–Crippen LogP) is 7.22. The normalized spacial score (nSPS) is 14.2. The van der Waals surface area contributed by atoms with Gasteiger partial charge in [-0.3, -0.25) is 9.98 Å². The number of nitrogens with zero attached hydrogens (tertiary/aromatic N) is 2. The molecule has 0 amide bonds. The fourth-order valence-electron chi connectivity index (χ4n) is 3.75. The molecule has 0 aliphatic carbocycles. The minimum absolute atomic E-state index is 0.102. The molecule has 0 bridgehead atoms. The maximum atomic E-state index is 13.6. The molecule has 0 fully saturated rings. The molecule has 0 aliphatic rings. The van der Waals surface area contributed by atoms with Crippen LogP contribution in [-0.2, 0) is 12.8 Å². The van der Waals surface area contributed by atoms with Gasteiger partial charge in [-0.25, -0.2) is 4.39 Å². The zero-order valence-electron chi connectivity index (χ0n) is 20.2. The van der Waals surface area contributed by atoms with E-state index in [9.17, 15) is 4.39 Å². The Kier molecular flexibility index (Phi) is 9.12. The highest BCUT2D eigenvalue weighted by molar-refractivity contribution is 6.38. The maximum absolute atomic E-state index is 13.6. The number of rotatable bonds is 10. The number of halogens is 1. The third-order valence-corrected chi connectivity index (χ3v) is 5.95. The van der Waals surface area contributed by atoms with Crippen LogP contribution in [0.3, 0.4) is 0 Å². The van der Waals surface area contributed by atoms with Crippen LogP contribution in [0.4, 0.5) is 4.39 Å². The lowest BCUT2D eigenvalue weighted by atomic mass is 9.96. The molecule has 0 saturated heterocycles. The monoisotopic (exact) mass is 442 g/mol. The van der Waals surface area contributed by atoms with E-state index in [0.29, 0.717) is 11.8 Å². The van der Waals surface area contributed by atoms with Gasteiger partial charge in [-0.15, -0.1) is 0 Å². The molecule has 0 unspecified atom stereocenters. The Labute approximate surface area is 198 Å². The summed E-state index contributed by atoms with van der Waals surface area (Å²) >= 11 is 0. The Bertz CT molecular complexity index is 1020. The number of benzene rings is 3. The van der Waals surface area contributed by atoms with Crippen LogP contribution < -0.4 is 0 Å². The molecule has 33 heavy (non-hydrogen) atoms. The van der Waals surface area contributed by atoms with Crippen molar-refractivity contribution in [3.8, 4) is 0 Å². The number of aliphatic imine (C=N–C) groups is 2. The molecule has 2 atom stereocenters. The van der Waals surface area contributed by atoms with Gasteiger partial charge in [0.1, 0.15) is 5.82 Å². The zero-order valence-corrected chi connectivity index (χ0v) is 20.2. The Hall–Kier alpha value is -3.07. The molecule has 0 N–H and O–H groups in total. The summed E-state index contributed by atoms with van der Waals surface area (Å²) in [6.07, 6.45) is 3.64. The molecule has 0 heterocycles. The first-order valence-electron chi connectivity index (χ1n) is 11.9. The highest BCUT2D eigenvalue weighted by Crippen LogP contribution is 2.17. The lowest BCUT2D eigenvalue weighted by Gasteiger charge is -2.19. The third-order valence-electron chi connectivity index (χ3n) is 5.95. The second-order valence-electron chi connectivity index (χ2n) is 9.30. The van der Waals surface area contributed by atoms with Crippen LogP contribution in [0.5, 0.6) is 0 Å². The van der Waals surface area contributed by atoms with Crippen LogP contribution in [0.1, 0.15) is 44.4 Å². The molecule has 0 saturated carbocycles. The Balaban J connectivity index is 1.93. The largest absolute Gasteiger partial charge is 0.287 e. The highest BCUT2D eigenvalue weighted by atomic mass is 19.1. The first-order chi connectivity index (χ1) is 15.9. The summed E-state index contributed by atoms with van der Waals surface area (Å²) in [5, 5.41) is 0. The van der Waals surface area contributed by atoms with Gasteiger partial charge < -0.3 is 0 Å². The Morgan fingerprint density at radius 1 is 0.697 bits per heavy atom. The van der Waals surface area contributed by atoms with Crippen molar-refractivity contribution < 1.29 is 4.39 Å². The van der Waals surface area contributed by atoms with Gasteiger partial charge in [0, 0.05) is 11.8 Å². The molecule has 172 valence electrons. The molecule has 0 spiro atoms. The fraction of sp³-hybridized carbons (Fsp3) is 0.333. The van der Waals surface area contributed by atoms with E-state index in [4.69, 9.17) is 9.98 Å². The minimum atomic E-state index is -0.246. The van der Waals surface area contributed by atoms with Crippen molar-refractivity contribution in [3.63, 3.8) is 0 Å². The van der Waals surface area contributed by atoms with Crippen molar-refractivity contribution in [2.45, 2.75) is 52.6 Å². The smallest absolute Gasteiger partial charge is 0.123 e. The molecule has 2 nitrogen and oxygen atoms in total. The van der Waals surface area contributed by atoms with Crippen molar-refractivity contribution >= 4 is 11.9 Å². The van der Waals surface area contributed by atoms with Crippen LogP contribution >= 0.6 is 0 Å². The van der Waals surface area contributed by atoms with E-state index in [1.807, 2.05) is 18.3 Å². The van der Waals surface area contributed by atoms with Crippen LogP contribution in [0, 0.1) is 17.7 Å². The molecule has 0 aromatic heterocycles. The lowest BCUT2D eigenvalue weighted by molar-refractivity contribution is 0.492. The second-order valence-corrected chi connectivity index (χ2v) is 9.30. The highest BCUT2D eigenvalue weighted by Gasteiger charge is 2.16. The maximum Gasteiger partial charge on any atom is 0.123 e. The summed E-state index contributed by atoms with van der Waals surface area (Å²) in [5.74, 6) is 0.504. The molecule has 3 aromatic rings. The summed E-state index contributed by atoms with van der Waals surface area (Å²) in [5.41, 5.74) is 4.24. The average Bonchev–Trinajstić information content (AvgIpc) is 2.81. The van der Waals surface area contributed by atoms with E-state index in [2.05, 4.69) is 76.2 Å². The van der Waals surface area contributed by atoms with Crippen molar-refractivity contribution in [2.75, 3.05) is 0 Å². The van der Waals surface area contributed by atoms with Crippen molar-refractivity contribution in [3.05, 3.63) is 107 Å².